The van der Waals surface area contributed by atoms with Gasteiger partial charge in [-0.2, -0.15) is 0 Å². The summed E-state index contributed by atoms with van der Waals surface area (Å²) in [6.07, 6.45) is 8.01. The topological polar surface area (TPSA) is 48.9 Å². The van der Waals surface area contributed by atoms with Gasteiger partial charge in [0.2, 0.25) is 0 Å². The molecule has 0 aliphatic heterocycles. The lowest BCUT2D eigenvalue weighted by Gasteiger charge is -2.22. The lowest BCUT2D eigenvalue weighted by Crippen LogP contribution is -2.37. The van der Waals surface area contributed by atoms with Crippen LogP contribution in [0.2, 0.25) is 0 Å². The minimum atomic E-state index is 0. The molecule has 1 aromatic rings. The second-order valence-corrected chi connectivity index (χ2v) is 6.90. The first kappa shape index (κ1) is 23.0. The van der Waals surface area contributed by atoms with Gasteiger partial charge in [0.25, 0.3) is 0 Å². The molecule has 0 atom stereocenters. The van der Waals surface area contributed by atoms with E-state index in [1.807, 2.05) is 7.05 Å². The Bertz CT molecular complexity index is 530. The van der Waals surface area contributed by atoms with Crippen LogP contribution in [0.25, 0.3) is 0 Å². The van der Waals surface area contributed by atoms with Crippen LogP contribution in [0.5, 0.6) is 0 Å². The third-order valence-corrected chi connectivity index (χ3v) is 4.63. The van der Waals surface area contributed by atoms with E-state index in [-0.39, 0.29) is 24.0 Å². The van der Waals surface area contributed by atoms with Crippen LogP contribution in [0, 0.1) is 0 Å². The number of aliphatic imine (C=N–C) groups is 1. The molecule has 0 radical (unpaired) electrons. The predicted molar refractivity (Wildman–Crippen MR) is 122 cm³/mol. The summed E-state index contributed by atoms with van der Waals surface area (Å²) in [6.45, 7) is 2.48. The molecule has 148 valence electrons. The van der Waals surface area contributed by atoms with Gasteiger partial charge in [0, 0.05) is 46.5 Å². The molecular weight excluding hydrogens is 439 g/mol. The zero-order chi connectivity index (χ0) is 17.9. The number of hydrogen-bond acceptors (Lipinski definition) is 3. The van der Waals surface area contributed by atoms with Crippen LogP contribution in [0.3, 0.4) is 0 Å². The van der Waals surface area contributed by atoms with Gasteiger partial charge in [0.15, 0.2) is 5.96 Å². The van der Waals surface area contributed by atoms with E-state index < -0.39 is 0 Å². The van der Waals surface area contributed by atoms with Gasteiger partial charge in [0.1, 0.15) is 0 Å². The van der Waals surface area contributed by atoms with Crippen molar-refractivity contribution in [2.45, 2.75) is 51.2 Å². The molecule has 0 spiro atoms. The maximum atomic E-state index is 5.96. The van der Waals surface area contributed by atoms with Crippen molar-refractivity contribution in [3.8, 4) is 0 Å². The van der Waals surface area contributed by atoms with Crippen molar-refractivity contribution in [1.29, 1.82) is 0 Å². The number of nitrogens with one attached hydrogen (secondary N) is 2. The molecule has 1 aliphatic rings. The van der Waals surface area contributed by atoms with Gasteiger partial charge in [-0.1, -0.05) is 31.4 Å². The Kier molecular flexibility index (Phi) is 11.7. The van der Waals surface area contributed by atoms with Gasteiger partial charge in [-0.3, -0.25) is 4.99 Å². The van der Waals surface area contributed by atoms with Crippen LogP contribution >= 0.6 is 24.0 Å². The van der Waals surface area contributed by atoms with Crippen LogP contribution in [0.15, 0.2) is 29.3 Å². The molecule has 0 bridgehead atoms. The van der Waals surface area contributed by atoms with Crippen molar-refractivity contribution >= 4 is 35.6 Å². The van der Waals surface area contributed by atoms with E-state index in [0.29, 0.717) is 6.10 Å². The summed E-state index contributed by atoms with van der Waals surface area (Å²) in [4.78, 5) is 6.41. The van der Waals surface area contributed by atoms with Crippen molar-refractivity contribution in [2.24, 2.45) is 4.99 Å². The summed E-state index contributed by atoms with van der Waals surface area (Å²) in [7, 11) is 5.93. The van der Waals surface area contributed by atoms with Crippen LogP contribution in [0.1, 0.15) is 44.1 Å². The number of halogens is 1. The number of guanidine groups is 1. The Morgan fingerprint density at radius 3 is 2.65 bits per heavy atom. The molecule has 2 rings (SSSR count). The number of hydrogen-bond donors (Lipinski definition) is 2. The third-order valence-electron chi connectivity index (χ3n) is 4.63. The number of rotatable bonds is 8. The third kappa shape index (κ3) is 8.58. The Hall–Kier alpha value is -1.02. The Morgan fingerprint density at radius 1 is 1.19 bits per heavy atom. The number of ether oxygens (including phenoxy) is 1. The molecule has 6 heteroatoms. The first-order valence-electron chi connectivity index (χ1n) is 9.51. The average Bonchev–Trinajstić information content (AvgIpc) is 2.65. The van der Waals surface area contributed by atoms with Crippen molar-refractivity contribution in [1.82, 2.24) is 10.6 Å². The maximum Gasteiger partial charge on any atom is 0.191 e. The second kappa shape index (κ2) is 13.2. The molecule has 0 amide bonds. The summed E-state index contributed by atoms with van der Waals surface area (Å²) in [5.41, 5.74) is 2.46. The van der Waals surface area contributed by atoms with E-state index in [4.69, 9.17) is 4.74 Å². The molecule has 0 heterocycles. The normalized spacial score (nSPS) is 15.3. The van der Waals surface area contributed by atoms with Gasteiger partial charge in [0.05, 0.1) is 6.10 Å². The van der Waals surface area contributed by atoms with Gasteiger partial charge >= 0.3 is 0 Å². The van der Waals surface area contributed by atoms with Crippen molar-refractivity contribution < 1.29 is 4.74 Å². The molecule has 1 saturated carbocycles. The van der Waals surface area contributed by atoms with Gasteiger partial charge in [-0.15, -0.1) is 24.0 Å². The highest BCUT2D eigenvalue weighted by Crippen LogP contribution is 2.20. The zero-order valence-electron chi connectivity index (χ0n) is 16.5. The Balaban J connectivity index is 0.00000338. The minimum Gasteiger partial charge on any atom is -0.378 e. The molecule has 1 fully saturated rings. The van der Waals surface area contributed by atoms with E-state index >= 15 is 0 Å². The molecule has 0 aromatic heterocycles. The van der Waals surface area contributed by atoms with E-state index in [2.05, 4.69) is 58.9 Å². The van der Waals surface area contributed by atoms with Crippen molar-refractivity contribution in [3.63, 3.8) is 0 Å². The number of benzene rings is 1. The first-order chi connectivity index (χ1) is 12.2. The molecule has 1 aliphatic carbocycles. The van der Waals surface area contributed by atoms with E-state index in [1.165, 1.54) is 43.4 Å². The predicted octanol–water partition coefficient (Wildman–Crippen LogP) is 3.78. The van der Waals surface area contributed by atoms with E-state index in [0.717, 1.165) is 32.1 Å². The SMILES string of the molecule is CN=C(NCCCOC1CCCCC1)NCc1cccc(N(C)C)c1.I. The quantitative estimate of drug-likeness (QED) is 0.261. The minimum absolute atomic E-state index is 0. The second-order valence-electron chi connectivity index (χ2n) is 6.90. The fraction of sp³-hybridized carbons (Fsp3) is 0.650. The van der Waals surface area contributed by atoms with E-state index in [9.17, 15) is 0 Å². The summed E-state index contributed by atoms with van der Waals surface area (Å²) in [5.74, 6) is 0.841. The maximum absolute atomic E-state index is 5.96. The fourth-order valence-corrected chi connectivity index (χ4v) is 3.11. The van der Waals surface area contributed by atoms with E-state index in [1.54, 1.807) is 0 Å². The monoisotopic (exact) mass is 474 g/mol. The van der Waals surface area contributed by atoms with Crippen LogP contribution in [-0.2, 0) is 11.3 Å². The van der Waals surface area contributed by atoms with Crippen molar-refractivity contribution in [2.75, 3.05) is 39.2 Å². The van der Waals surface area contributed by atoms with Crippen LogP contribution in [0.4, 0.5) is 5.69 Å². The van der Waals surface area contributed by atoms with Crippen LogP contribution < -0.4 is 15.5 Å². The Morgan fingerprint density at radius 2 is 1.96 bits per heavy atom. The number of anilines is 1. The molecule has 0 unspecified atom stereocenters. The molecular formula is C20H35IN4O. The standard InChI is InChI=1S/C20H34N4O.HI/c1-21-20(22-13-8-14-25-19-11-5-4-6-12-19)23-16-17-9-7-10-18(15-17)24(2)3;/h7,9-10,15,19H,4-6,8,11-14,16H2,1-3H3,(H2,21,22,23);1H. The smallest absolute Gasteiger partial charge is 0.191 e. The van der Waals surface area contributed by atoms with Gasteiger partial charge in [-0.05, 0) is 37.0 Å². The summed E-state index contributed by atoms with van der Waals surface area (Å²) in [6, 6.07) is 8.53. The highest BCUT2D eigenvalue weighted by Gasteiger charge is 2.12. The summed E-state index contributed by atoms with van der Waals surface area (Å²) in [5, 5.41) is 6.73. The highest BCUT2D eigenvalue weighted by molar-refractivity contribution is 14.0. The highest BCUT2D eigenvalue weighted by atomic mass is 127. The summed E-state index contributed by atoms with van der Waals surface area (Å²) < 4.78 is 5.96. The van der Waals surface area contributed by atoms with Crippen LogP contribution in [-0.4, -0.2) is 46.4 Å². The fourth-order valence-electron chi connectivity index (χ4n) is 3.11. The molecule has 5 nitrogen and oxygen atoms in total. The van der Waals surface area contributed by atoms with Crippen molar-refractivity contribution in [3.05, 3.63) is 29.8 Å². The Labute approximate surface area is 176 Å². The summed E-state index contributed by atoms with van der Waals surface area (Å²) >= 11 is 0. The van der Waals surface area contributed by atoms with Gasteiger partial charge < -0.3 is 20.3 Å². The molecule has 26 heavy (non-hydrogen) atoms. The largest absolute Gasteiger partial charge is 0.378 e. The van der Waals surface area contributed by atoms with Gasteiger partial charge in [-0.25, -0.2) is 0 Å². The molecule has 0 saturated heterocycles. The zero-order valence-corrected chi connectivity index (χ0v) is 18.8. The average molecular weight is 474 g/mol. The lowest BCUT2D eigenvalue weighted by molar-refractivity contribution is 0.0277. The lowest BCUT2D eigenvalue weighted by atomic mass is 9.98. The first-order valence-corrected chi connectivity index (χ1v) is 9.51. The molecule has 2 N–H and O–H groups in total. The molecule has 1 aromatic carbocycles. The number of nitrogens with zero attached hydrogens (tertiary/aromatic N) is 2.